The van der Waals surface area contributed by atoms with Gasteiger partial charge in [-0.3, -0.25) is 52.9 Å². The summed E-state index contributed by atoms with van der Waals surface area (Å²) in [6.45, 7) is 9.72. The van der Waals surface area contributed by atoms with Crippen molar-refractivity contribution in [3.8, 4) is 5.75 Å². The van der Waals surface area contributed by atoms with Gasteiger partial charge < -0.3 is 85.9 Å². The predicted octanol–water partition coefficient (Wildman–Crippen LogP) is -4.61. The smallest absolute Gasteiger partial charge is 0.326 e. The van der Waals surface area contributed by atoms with Gasteiger partial charge in [-0.15, -0.1) is 0 Å². The number of benzene rings is 1. The SMILES string of the molecule is CC[C@H](C)[C@H](NC(=O)[C@H](CO)NC(=O)[C@H](Cc1ccc(O)cc1)NC(=O)[C@H](CCCN=C(N)N)NC(=O)[C@@H](NC(=O)[C@H](CCC(=O)O)NC(=O)[C@H](C)NC(=O)[C@@H](N)CC(N)=O)C(C)C)C(=O)N[C@H](C(=O)O)C(C)C. The summed E-state index contributed by atoms with van der Waals surface area (Å²) in [5.74, 6) is -13.5. The van der Waals surface area contributed by atoms with E-state index in [9.17, 15) is 73.2 Å². The molecule has 0 saturated heterocycles. The summed E-state index contributed by atoms with van der Waals surface area (Å²) in [5, 5.41) is 58.8. The van der Waals surface area contributed by atoms with Gasteiger partial charge in [0.1, 0.15) is 54.1 Å². The highest BCUT2D eigenvalue weighted by Crippen LogP contribution is 2.15. The Bertz CT molecular complexity index is 2150. The summed E-state index contributed by atoms with van der Waals surface area (Å²) in [4.78, 5) is 147. The average molecular weight is 1050 g/mol. The number of rotatable bonds is 33. The van der Waals surface area contributed by atoms with E-state index < -0.39 is 163 Å². The number of carbonyl (C=O) groups is 11. The third-order valence-electron chi connectivity index (χ3n) is 11.5. The van der Waals surface area contributed by atoms with Crippen molar-refractivity contribution in [1.82, 2.24) is 42.5 Å². The van der Waals surface area contributed by atoms with Crippen LogP contribution in [-0.2, 0) is 59.2 Å². The first-order valence-corrected chi connectivity index (χ1v) is 23.9. The number of nitrogens with two attached hydrogens (primary N) is 4. The lowest BCUT2D eigenvalue weighted by atomic mass is 9.96. The molecule has 414 valence electrons. The van der Waals surface area contributed by atoms with Gasteiger partial charge in [0.05, 0.1) is 19.1 Å². The molecule has 28 nitrogen and oxygen atoms in total. The van der Waals surface area contributed by atoms with Crippen molar-refractivity contribution in [2.24, 2.45) is 45.7 Å². The quantitative estimate of drug-likeness (QED) is 0.0179. The molecule has 0 aliphatic heterocycles. The third-order valence-corrected chi connectivity index (χ3v) is 11.5. The second-order valence-electron chi connectivity index (χ2n) is 18.4. The molecule has 0 saturated carbocycles. The van der Waals surface area contributed by atoms with Crippen LogP contribution in [0.3, 0.4) is 0 Å². The van der Waals surface area contributed by atoms with Crippen molar-refractivity contribution >= 4 is 71.1 Å². The zero-order valence-electron chi connectivity index (χ0n) is 42.6. The first-order valence-electron chi connectivity index (χ1n) is 23.9. The van der Waals surface area contributed by atoms with Gasteiger partial charge in [0, 0.05) is 19.4 Å². The van der Waals surface area contributed by atoms with E-state index in [4.69, 9.17) is 22.9 Å². The van der Waals surface area contributed by atoms with E-state index >= 15 is 0 Å². The number of carboxylic acids is 2. The monoisotopic (exact) mass is 1050 g/mol. The van der Waals surface area contributed by atoms with Crippen LogP contribution in [-0.4, -0.2) is 159 Å². The van der Waals surface area contributed by atoms with Crippen molar-refractivity contribution in [1.29, 1.82) is 0 Å². The third kappa shape index (κ3) is 22.9. The number of aliphatic imine (C=N–C) groups is 1. The minimum atomic E-state index is -1.73. The Labute approximate surface area is 428 Å². The number of guanidine groups is 1. The highest BCUT2D eigenvalue weighted by molar-refractivity contribution is 5.98. The zero-order chi connectivity index (χ0) is 56.6. The normalized spacial score (nSPS) is 15.1. The first-order chi connectivity index (χ1) is 34.5. The van der Waals surface area contributed by atoms with Gasteiger partial charge in [-0.25, -0.2) is 4.79 Å². The number of aliphatic hydroxyl groups is 1. The van der Waals surface area contributed by atoms with E-state index in [1.807, 2.05) is 0 Å². The molecule has 0 radical (unpaired) electrons. The fourth-order valence-corrected chi connectivity index (χ4v) is 6.88. The van der Waals surface area contributed by atoms with Gasteiger partial charge >= 0.3 is 11.9 Å². The largest absolute Gasteiger partial charge is 0.508 e. The number of aliphatic carboxylic acids is 2. The lowest BCUT2D eigenvalue weighted by Crippen LogP contribution is -2.62. The molecule has 28 heteroatoms. The highest BCUT2D eigenvalue weighted by atomic mass is 16.4. The molecule has 1 rings (SSSR count). The molecule has 1 aromatic rings. The molecule has 0 spiro atoms. The maximum Gasteiger partial charge on any atom is 0.326 e. The highest BCUT2D eigenvalue weighted by Gasteiger charge is 2.36. The number of primary amides is 1. The van der Waals surface area contributed by atoms with Gasteiger partial charge in [-0.2, -0.15) is 0 Å². The van der Waals surface area contributed by atoms with Crippen molar-refractivity contribution in [3.05, 3.63) is 29.8 Å². The van der Waals surface area contributed by atoms with E-state index in [0.717, 1.165) is 0 Å². The van der Waals surface area contributed by atoms with Crippen LogP contribution >= 0.6 is 0 Å². The van der Waals surface area contributed by atoms with E-state index in [0.29, 0.717) is 12.0 Å². The number of carboxylic acid groups (broad SMARTS) is 2. The molecule has 20 N–H and O–H groups in total. The number of aromatic hydroxyl groups is 1. The van der Waals surface area contributed by atoms with E-state index in [2.05, 4.69) is 47.5 Å². The van der Waals surface area contributed by atoms with Crippen LogP contribution in [0.1, 0.15) is 92.6 Å². The number of amides is 9. The van der Waals surface area contributed by atoms with Gasteiger partial charge in [0.15, 0.2) is 5.96 Å². The molecular formula is C46H75N13O15. The number of phenolic OH excluding ortho intramolecular Hbond substituents is 1. The summed E-state index contributed by atoms with van der Waals surface area (Å²) in [6.07, 6.45) is -1.75. The Balaban J connectivity index is 3.57. The van der Waals surface area contributed by atoms with Gasteiger partial charge in [-0.1, -0.05) is 60.1 Å². The second-order valence-corrected chi connectivity index (χ2v) is 18.4. The molecular weight excluding hydrogens is 975 g/mol. The summed E-state index contributed by atoms with van der Waals surface area (Å²) in [5.41, 5.74) is 22.1. The van der Waals surface area contributed by atoms with Crippen molar-refractivity contribution < 1.29 is 73.2 Å². The standard InChI is InChI=1S/C46H75N13O15/c1-8-23(6)36(44(72)58-35(22(4)5)45(73)74)59-42(70)31(20-60)56-41(69)30(18-25-11-13-26(61)14-12-25)55-39(67)28(10-9-17-51-46(49)50)54-43(71)34(21(2)3)57-40(68)29(15-16-33(63)64)53-37(65)24(7)52-38(66)27(47)19-32(48)62/h11-14,21-24,27-31,34-36,60-61H,8-10,15-20,47H2,1-7H3,(H2,48,62)(H,52,66)(H,53,65)(H,54,71)(H,55,67)(H,56,69)(H,57,68)(H,58,72)(H,59,70)(H,63,64)(H,73,74)(H4,49,50,51)/t23-,24-,27-,28-,29-,30-,31-,34-,35-,36-/m0/s1. The average Bonchev–Trinajstić information content (AvgIpc) is 3.31. The second kappa shape index (κ2) is 31.8. The predicted molar refractivity (Wildman–Crippen MR) is 265 cm³/mol. The maximum absolute atomic E-state index is 14.3. The topological polar surface area (TPSA) is 481 Å². The molecule has 74 heavy (non-hydrogen) atoms. The molecule has 9 amide bonds. The van der Waals surface area contributed by atoms with Gasteiger partial charge in [0.2, 0.25) is 53.2 Å². The number of carbonyl (C=O) groups excluding carboxylic acids is 9. The first kappa shape index (κ1) is 64.4. The van der Waals surface area contributed by atoms with Crippen LogP contribution in [0.5, 0.6) is 5.75 Å². The number of hydrogen-bond acceptors (Lipinski definition) is 15. The summed E-state index contributed by atoms with van der Waals surface area (Å²) in [7, 11) is 0. The minimum Gasteiger partial charge on any atom is -0.508 e. The van der Waals surface area contributed by atoms with Crippen LogP contribution in [0.2, 0.25) is 0 Å². The van der Waals surface area contributed by atoms with Crippen LogP contribution in [0.4, 0.5) is 0 Å². The van der Waals surface area contributed by atoms with Crippen LogP contribution < -0.4 is 65.5 Å². The van der Waals surface area contributed by atoms with E-state index in [1.165, 1.54) is 45.0 Å². The zero-order valence-corrected chi connectivity index (χ0v) is 42.6. The lowest BCUT2D eigenvalue weighted by Gasteiger charge is -2.29. The molecule has 0 aromatic heterocycles. The number of nitrogens with zero attached hydrogens (tertiary/aromatic N) is 1. The van der Waals surface area contributed by atoms with Crippen LogP contribution in [0, 0.1) is 17.8 Å². The Hall–Kier alpha value is -7.62. The fraction of sp³-hybridized carbons (Fsp3) is 0.609. The van der Waals surface area contributed by atoms with E-state index in [-0.39, 0.29) is 37.5 Å². The number of aliphatic hydroxyl groups excluding tert-OH is 1. The van der Waals surface area contributed by atoms with E-state index in [1.54, 1.807) is 27.7 Å². The number of nitrogens with one attached hydrogen (secondary N) is 8. The summed E-state index contributed by atoms with van der Waals surface area (Å²) >= 11 is 0. The molecule has 0 bridgehead atoms. The van der Waals surface area contributed by atoms with Crippen molar-refractivity contribution in [2.75, 3.05) is 13.2 Å². The molecule has 0 heterocycles. The molecule has 0 aliphatic carbocycles. The molecule has 1 aromatic carbocycles. The Kier molecular flexibility index (Phi) is 27.6. The Morgan fingerprint density at radius 2 is 1.05 bits per heavy atom. The Morgan fingerprint density at radius 1 is 0.581 bits per heavy atom. The van der Waals surface area contributed by atoms with Crippen molar-refractivity contribution in [2.45, 2.75) is 148 Å². The lowest BCUT2D eigenvalue weighted by molar-refractivity contribution is -0.144. The van der Waals surface area contributed by atoms with Crippen molar-refractivity contribution in [3.63, 3.8) is 0 Å². The maximum atomic E-state index is 14.3. The molecule has 0 aliphatic rings. The molecule has 0 fully saturated rings. The Morgan fingerprint density at radius 3 is 1.57 bits per heavy atom. The molecule has 10 atom stereocenters. The van der Waals surface area contributed by atoms with Crippen LogP contribution in [0.15, 0.2) is 29.3 Å². The van der Waals surface area contributed by atoms with Gasteiger partial charge in [-0.05, 0) is 61.6 Å². The minimum absolute atomic E-state index is 0.0396. The van der Waals surface area contributed by atoms with Crippen LogP contribution in [0.25, 0.3) is 0 Å². The number of phenols is 1. The summed E-state index contributed by atoms with van der Waals surface area (Å²) in [6, 6.07) is -7.78. The van der Waals surface area contributed by atoms with Gasteiger partial charge in [0.25, 0.3) is 0 Å². The molecule has 0 unspecified atom stereocenters. The number of hydrogen-bond donors (Lipinski definition) is 16. The fourth-order valence-electron chi connectivity index (χ4n) is 6.88. The summed E-state index contributed by atoms with van der Waals surface area (Å²) < 4.78 is 0.